The van der Waals surface area contributed by atoms with Crippen LogP contribution in [0.3, 0.4) is 0 Å². The second-order valence-electron chi connectivity index (χ2n) is 5.81. The summed E-state index contributed by atoms with van der Waals surface area (Å²) in [7, 11) is 0. The summed E-state index contributed by atoms with van der Waals surface area (Å²) < 4.78 is 0. The van der Waals surface area contributed by atoms with Crippen LogP contribution in [0.4, 0.5) is 0 Å². The zero-order chi connectivity index (χ0) is 13.9. The van der Waals surface area contributed by atoms with E-state index in [2.05, 4.69) is 32.0 Å². The first-order chi connectivity index (χ1) is 9.95. The van der Waals surface area contributed by atoms with Gasteiger partial charge in [-0.15, -0.1) is 0 Å². The predicted octanol–water partition coefficient (Wildman–Crippen LogP) is 4.00. The van der Waals surface area contributed by atoms with Crippen LogP contribution in [0, 0.1) is 0 Å². The van der Waals surface area contributed by atoms with Gasteiger partial charge < -0.3 is 0 Å². The molecule has 0 unspecified atom stereocenters. The Kier molecular flexibility index (Phi) is 7.30. The van der Waals surface area contributed by atoms with E-state index in [-0.39, 0.29) is 0 Å². The minimum absolute atomic E-state index is 0.462. The third-order valence-corrected chi connectivity index (χ3v) is 4.10. The third-order valence-electron chi connectivity index (χ3n) is 4.10. The Balaban J connectivity index is 1.60. The van der Waals surface area contributed by atoms with Crippen LogP contribution in [-0.4, -0.2) is 37.2 Å². The summed E-state index contributed by atoms with van der Waals surface area (Å²) in [5.41, 5.74) is 0. The van der Waals surface area contributed by atoms with Crippen molar-refractivity contribution < 1.29 is 0 Å². The molecule has 0 aliphatic heterocycles. The average molecular weight is 274 g/mol. The molecule has 0 atom stereocenters. The number of nitrogens with zero attached hydrogens (tertiary/aromatic N) is 4. The summed E-state index contributed by atoms with van der Waals surface area (Å²) >= 11 is 0. The highest BCUT2D eigenvalue weighted by Crippen LogP contribution is 2.20. The number of aliphatic imine (C=N–C) groups is 4. The van der Waals surface area contributed by atoms with Crippen LogP contribution in [0.5, 0.6) is 0 Å². The molecule has 0 spiro atoms. The standard InChI is InChI=1S/C16H26N4/c1-3-7-15(8-4-1)19-13-17-11-12-18-14-20-16-9-5-2-6-10-16/h15-16H,1-12H2. The van der Waals surface area contributed by atoms with Crippen LogP contribution in [0.15, 0.2) is 20.0 Å². The van der Waals surface area contributed by atoms with Crippen molar-refractivity contribution in [1.29, 1.82) is 0 Å². The summed E-state index contributed by atoms with van der Waals surface area (Å²) in [5.74, 6) is 0. The highest BCUT2D eigenvalue weighted by molar-refractivity contribution is 5.42. The molecule has 0 bridgehead atoms. The Hall–Kier alpha value is -1.24. The van der Waals surface area contributed by atoms with Crippen LogP contribution in [0.2, 0.25) is 0 Å². The summed E-state index contributed by atoms with van der Waals surface area (Å²) in [6.45, 7) is 1.28. The molecule has 0 N–H and O–H groups in total. The van der Waals surface area contributed by atoms with E-state index in [9.17, 15) is 0 Å². The molecule has 0 amide bonds. The van der Waals surface area contributed by atoms with Gasteiger partial charge in [-0.1, -0.05) is 38.5 Å². The lowest BCUT2D eigenvalue weighted by Crippen LogP contribution is -2.08. The highest BCUT2D eigenvalue weighted by atomic mass is 14.9. The van der Waals surface area contributed by atoms with Crippen LogP contribution >= 0.6 is 0 Å². The monoisotopic (exact) mass is 274 g/mol. The maximum absolute atomic E-state index is 4.37. The normalized spacial score (nSPS) is 20.6. The minimum Gasteiger partial charge on any atom is -0.224 e. The van der Waals surface area contributed by atoms with Gasteiger partial charge in [0.05, 0.1) is 37.2 Å². The van der Waals surface area contributed by atoms with E-state index < -0.39 is 0 Å². The van der Waals surface area contributed by atoms with Gasteiger partial charge in [0.2, 0.25) is 0 Å². The lowest BCUT2D eigenvalue weighted by atomic mass is 9.96. The molecule has 110 valence electrons. The summed E-state index contributed by atoms with van der Waals surface area (Å²) in [6, 6.07) is 6.58. The van der Waals surface area contributed by atoms with E-state index in [1.165, 1.54) is 64.2 Å². The molecule has 20 heavy (non-hydrogen) atoms. The predicted molar refractivity (Wildman–Crippen MR) is 83.2 cm³/mol. The molecule has 0 heterocycles. The van der Waals surface area contributed by atoms with Crippen LogP contribution in [0.1, 0.15) is 64.2 Å². The lowest BCUT2D eigenvalue weighted by molar-refractivity contribution is 0.444. The fourth-order valence-electron chi connectivity index (χ4n) is 2.87. The van der Waals surface area contributed by atoms with E-state index in [1.807, 2.05) is 0 Å². The molecule has 0 aromatic heterocycles. The Morgan fingerprint density at radius 2 is 1.00 bits per heavy atom. The first-order valence-electron chi connectivity index (χ1n) is 8.18. The second kappa shape index (κ2) is 9.63. The van der Waals surface area contributed by atoms with Crippen molar-refractivity contribution in [3.8, 4) is 0 Å². The van der Waals surface area contributed by atoms with Gasteiger partial charge >= 0.3 is 0 Å². The molecule has 0 radical (unpaired) electrons. The van der Waals surface area contributed by atoms with Crippen LogP contribution in [-0.2, 0) is 0 Å². The van der Waals surface area contributed by atoms with E-state index in [0.717, 1.165) is 0 Å². The molecular weight excluding hydrogens is 248 g/mol. The fraction of sp³-hybridized carbons (Fsp3) is 0.875. The van der Waals surface area contributed by atoms with E-state index in [0.29, 0.717) is 25.2 Å². The summed E-state index contributed by atoms with van der Waals surface area (Å²) in [5, 5.41) is 0. The van der Waals surface area contributed by atoms with E-state index in [4.69, 9.17) is 0 Å². The Morgan fingerprint density at radius 3 is 1.40 bits per heavy atom. The maximum Gasteiger partial charge on any atom is 0.0896 e. The molecule has 2 aliphatic rings. The van der Waals surface area contributed by atoms with Gasteiger partial charge in [0, 0.05) is 0 Å². The number of rotatable bonds is 5. The molecule has 0 aromatic carbocycles. The smallest absolute Gasteiger partial charge is 0.0896 e. The molecule has 4 heteroatoms. The zero-order valence-electron chi connectivity index (χ0n) is 12.4. The van der Waals surface area contributed by atoms with Crippen molar-refractivity contribution in [3.63, 3.8) is 0 Å². The van der Waals surface area contributed by atoms with E-state index >= 15 is 0 Å². The SMILES string of the molecule is C(=NCCN=C=NC1CCCCC1)=NC1CCCCC1. The van der Waals surface area contributed by atoms with Crippen LogP contribution < -0.4 is 0 Å². The fourth-order valence-corrected chi connectivity index (χ4v) is 2.87. The lowest BCUT2D eigenvalue weighted by Gasteiger charge is -2.15. The van der Waals surface area contributed by atoms with Crippen LogP contribution in [0.25, 0.3) is 0 Å². The molecule has 2 aliphatic carbocycles. The first kappa shape index (κ1) is 15.2. The summed E-state index contributed by atoms with van der Waals surface area (Å²) in [4.78, 5) is 17.1. The maximum atomic E-state index is 4.37. The highest BCUT2D eigenvalue weighted by Gasteiger charge is 2.11. The van der Waals surface area contributed by atoms with Gasteiger partial charge in [0.15, 0.2) is 0 Å². The van der Waals surface area contributed by atoms with E-state index in [1.54, 1.807) is 0 Å². The van der Waals surface area contributed by atoms with Crippen molar-refractivity contribution in [2.24, 2.45) is 20.0 Å². The Bertz CT molecular complexity index is 339. The van der Waals surface area contributed by atoms with Gasteiger partial charge in [-0.2, -0.15) is 0 Å². The second-order valence-corrected chi connectivity index (χ2v) is 5.81. The van der Waals surface area contributed by atoms with Crippen molar-refractivity contribution in [2.45, 2.75) is 76.3 Å². The molecule has 2 rings (SSSR count). The summed E-state index contributed by atoms with van der Waals surface area (Å²) in [6.07, 6.45) is 12.7. The minimum atomic E-state index is 0.462. The van der Waals surface area contributed by atoms with Crippen molar-refractivity contribution in [3.05, 3.63) is 0 Å². The van der Waals surface area contributed by atoms with Gasteiger partial charge in [0.25, 0.3) is 0 Å². The van der Waals surface area contributed by atoms with Gasteiger partial charge in [-0.05, 0) is 25.7 Å². The van der Waals surface area contributed by atoms with Crippen molar-refractivity contribution >= 4 is 12.0 Å². The van der Waals surface area contributed by atoms with Gasteiger partial charge in [-0.25, -0.2) is 20.0 Å². The Morgan fingerprint density at radius 1 is 0.600 bits per heavy atom. The largest absolute Gasteiger partial charge is 0.224 e. The topological polar surface area (TPSA) is 49.4 Å². The molecular formula is C16H26N4. The molecule has 2 fully saturated rings. The molecule has 0 saturated heterocycles. The van der Waals surface area contributed by atoms with Crippen molar-refractivity contribution in [1.82, 2.24) is 0 Å². The molecule has 2 saturated carbocycles. The first-order valence-corrected chi connectivity index (χ1v) is 8.18. The van der Waals surface area contributed by atoms with Gasteiger partial charge in [-0.3, -0.25) is 0 Å². The quantitative estimate of drug-likeness (QED) is 0.537. The zero-order valence-corrected chi connectivity index (χ0v) is 12.4. The average Bonchev–Trinajstić information content (AvgIpc) is 2.52. The van der Waals surface area contributed by atoms with Crippen molar-refractivity contribution in [2.75, 3.05) is 13.1 Å². The Labute approximate surface area is 122 Å². The van der Waals surface area contributed by atoms with Gasteiger partial charge in [0.1, 0.15) is 0 Å². The molecule has 0 aromatic rings. The molecule has 4 nitrogen and oxygen atoms in total. The number of hydrogen-bond donors (Lipinski definition) is 0. The third kappa shape index (κ3) is 6.27. The number of hydrogen-bond acceptors (Lipinski definition) is 4.